The van der Waals surface area contributed by atoms with Gasteiger partial charge in [-0.2, -0.15) is 0 Å². The molecule has 0 aromatic carbocycles. The van der Waals surface area contributed by atoms with E-state index in [2.05, 4.69) is 46.9 Å². The summed E-state index contributed by atoms with van der Waals surface area (Å²) in [6.07, 6.45) is 3.94. The molecule has 2 unspecified atom stereocenters. The van der Waals surface area contributed by atoms with Crippen molar-refractivity contribution in [3.63, 3.8) is 0 Å². The lowest BCUT2D eigenvalue weighted by Crippen LogP contribution is -2.29. The molecule has 0 aliphatic rings. The fraction of sp³-hybridized carbons (Fsp3) is 1.00. The predicted octanol–water partition coefficient (Wildman–Crippen LogP) is 4.08. The molecule has 0 aliphatic carbocycles. The summed E-state index contributed by atoms with van der Waals surface area (Å²) < 4.78 is 0. The SMILES string of the molecule is CCNCC(CC)C(C)CC(C)(C)CC. The van der Waals surface area contributed by atoms with Crippen molar-refractivity contribution in [2.24, 2.45) is 17.3 Å². The van der Waals surface area contributed by atoms with Gasteiger partial charge in [0, 0.05) is 0 Å². The largest absolute Gasteiger partial charge is 0.317 e. The monoisotopic (exact) mass is 213 g/mol. The Bertz CT molecular complexity index is 151. The van der Waals surface area contributed by atoms with E-state index in [1.807, 2.05) is 0 Å². The second-order valence-corrected chi connectivity index (χ2v) is 5.68. The van der Waals surface area contributed by atoms with Crippen LogP contribution in [0.1, 0.15) is 60.8 Å². The van der Waals surface area contributed by atoms with Gasteiger partial charge in [-0.25, -0.2) is 0 Å². The minimum atomic E-state index is 0.513. The molecule has 0 bridgehead atoms. The van der Waals surface area contributed by atoms with E-state index in [1.54, 1.807) is 0 Å². The topological polar surface area (TPSA) is 12.0 Å². The molecule has 0 saturated carbocycles. The smallest absolute Gasteiger partial charge is 0.00182 e. The second-order valence-electron chi connectivity index (χ2n) is 5.68. The predicted molar refractivity (Wildman–Crippen MR) is 70.2 cm³/mol. The third kappa shape index (κ3) is 6.19. The highest BCUT2D eigenvalue weighted by Gasteiger charge is 2.23. The van der Waals surface area contributed by atoms with E-state index >= 15 is 0 Å². The van der Waals surface area contributed by atoms with E-state index in [1.165, 1.54) is 25.8 Å². The molecule has 92 valence electrons. The average Bonchev–Trinajstić information content (AvgIpc) is 2.18. The van der Waals surface area contributed by atoms with E-state index < -0.39 is 0 Å². The molecule has 0 aromatic heterocycles. The molecule has 0 saturated heterocycles. The molecule has 0 spiro atoms. The summed E-state index contributed by atoms with van der Waals surface area (Å²) in [5.41, 5.74) is 0.513. The van der Waals surface area contributed by atoms with Crippen LogP contribution in [-0.2, 0) is 0 Å². The van der Waals surface area contributed by atoms with Crippen molar-refractivity contribution in [2.75, 3.05) is 13.1 Å². The fourth-order valence-corrected chi connectivity index (χ4v) is 2.26. The Hall–Kier alpha value is -0.0400. The number of nitrogens with one attached hydrogen (secondary N) is 1. The molecule has 0 aromatic rings. The Morgan fingerprint density at radius 3 is 2.13 bits per heavy atom. The zero-order valence-electron chi connectivity index (χ0n) is 11.7. The molecule has 0 fully saturated rings. The van der Waals surface area contributed by atoms with E-state index in [0.717, 1.165) is 18.4 Å². The van der Waals surface area contributed by atoms with Crippen LogP contribution in [-0.4, -0.2) is 13.1 Å². The van der Waals surface area contributed by atoms with Crippen LogP contribution in [0.3, 0.4) is 0 Å². The Balaban J connectivity index is 4.08. The Morgan fingerprint density at radius 1 is 1.13 bits per heavy atom. The van der Waals surface area contributed by atoms with Crippen LogP contribution in [0.15, 0.2) is 0 Å². The Morgan fingerprint density at radius 2 is 1.73 bits per heavy atom. The lowest BCUT2D eigenvalue weighted by molar-refractivity contribution is 0.207. The molecule has 2 atom stereocenters. The van der Waals surface area contributed by atoms with Crippen molar-refractivity contribution < 1.29 is 0 Å². The maximum absolute atomic E-state index is 3.48. The molecule has 15 heavy (non-hydrogen) atoms. The summed E-state index contributed by atoms with van der Waals surface area (Å²) in [5, 5.41) is 3.48. The van der Waals surface area contributed by atoms with E-state index in [-0.39, 0.29) is 0 Å². The maximum Gasteiger partial charge on any atom is -0.00182 e. The molecule has 0 amide bonds. The van der Waals surface area contributed by atoms with E-state index in [0.29, 0.717) is 5.41 Å². The first-order valence-electron chi connectivity index (χ1n) is 6.67. The van der Waals surface area contributed by atoms with Crippen molar-refractivity contribution in [3.8, 4) is 0 Å². The highest BCUT2D eigenvalue weighted by molar-refractivity contribution is 4.75. The number of hydrogen-bond acceptors (Lipinski definition) is 1. The van der Waals surface area contributed by atoms with Crippen LogP contribution >= 0.6 is 0 Å². The lowest BCUT2D eigenvalue weighted by Gasteiger charge is -2.31. The number of rotatable bonds is 8. The summed E-state index contributed by atoms with van der Waals surface area (Å²) in [6, 6.07) is 0. The summed E-state index contributed by atoms with van der Waals surface area (Å²) >= 11 is 0. The molecule has 0 aliphatic heterocycles. The van der Waals surface area contributed by atoms with Crippen molar-refractivity contribution in [2.45, 2.75) is 60.8 Å². The molecule has 1 heteroatoms. The van der Waals surface area contributed by atoms with Crippen LogP contribution in [0.4, 0.5) is 0 Å². The van der Waals surface area contributed by atoms with Gasteiger partial charge in [0.1, 0.15) is 0 Å². The fourth-order valence-electron chi connectivity index (χ4n) is 2.26. The minimum Gasteiger partial charge on any atom is -0.317 e. The molecule has 0 rings (SSSR count). The zero-order valence-corrected chi connectivity index (χ0v) is 11.7. The first-order valence-corrected chi connectivity index (χ1v) is 6.67. The minimum absolute atomic E-state index is 0.513. The first-order chi connectivity index (χ1) is 6.96. The van der Waals surface area contributed by atoms with Gasteiger partial charge in [0.05, 0.1) is 0 Å². The van der Waals surface area contributed by atoms with E-state index in [9.17, 15) is 0 Å². The van der Waals surface area contributed by atoms with Gasteiger partial charge in [-0.05, 0) is 36.8 Å². The standard InChI is InChI=1S/C14H31N/c1-7-13(11-15-9-3)12(4)10-14(5,6)8-2/h12-13,15H,7-11H2,1-6H3. The van der Waals surface area contributed by atoms with Gasteiger partial charge in [-0.15, -0.1) is 0 Å². The lowest BCUT2D eigenvalue weighted by atomic mass is 9.76. The summed E-state index contributed by atoms with van der Waals surface area (Å²) in [5.74, 6) is 1.68. The summed E-state index contributed by atoms with van der Waals surface area (Å²) in [4.78, 5) is 0. The molecule has 1 N–H and O–H groups in total. The third-order valence-electron chi connectivity index (χ3n) is 3.82. The van der Waals surface area contributed by atoms with Crippen LogP contribution < -0.4 is 5.32 Å². The molecule has 0 heterocycles. The van der Waals surface area contributed by atoms with Crippen molar-refractivity contribution in [1.82, 2.24) is 5.32 Å². The van der Waals surface area contributed by atoms with Crippen LogP contribution in [0, 0.1) is 17.3 Å². The van der Waals surface area contributed by atoms with Gasteiger partial charge in [-0.3, -0.25) is 0 Å². The highest BCUT2D eigenvalue weighted by Crippen LogP contribution is 2.32. The van der Waals surface area contributed by atoms with Crippen LogP contribution in [0.25, 0.3) is 0 Å². The van der Waals surface area contributed by atoms with Gasteiger partial charge in [0.2, 0.25) is 0 Å². The molecule has 1 nitrogen and oxygen atoms in total. The van der Waals surface area contributed by atoms with Gasteiger partial charge in [0.25, 0.3) is 0 Å². The quantitative estimate of drug-likeness (QED) is 0.640. The van der Waals surface area contributed by atoms with E-state index in [4.69, 9.17) is 0 Å². The number of hydrogen-bond donors (Lipinski definition) is 1. The van der Waals surface area contributed by atoms with Crippen molar-refractivity contribution >= 4 is 0 Å². The van der Waals surface area contributed by atoms with Crippen molar-refractivity contribution in [3.05, 3.63) is 0 Å². The maximum atomic E-state index is 3.48. The molecule has 0 radical (unpaired) electrons. The van der Waals surface area contributed by atoms with Gasteiger partial charge < -0.3 is 5.32 Å². The van der Waals surface area contributed by atoms with Crippen LogP contribution in [0.5, 0.6) is 0 Å². The normalized spacial score (nSPS) is 16.4. The van der Waals surface area contributed by atoms with Gasteiger partial charge >= 0.3 is 0 Å². The Labute approximate surface area is 97.0 Å². The Kier molecular flexibility index (Phi) is 7.25. The highest BCUT2D eigenvalue weighted by atomic mass is 14.8. The zero-order chi connectivity index (χ0) is 11.9. The third-order valence-corrected chi connectivity index (χ3v) is 3.82. The van der Waals surface area contributed by atoms with Crippen LogP contribution in [0.2, 0.25) is 0 Å². The second kappa shape index (κ2) is 7.27. The van der Waals surface area contributed by atoms with Gasteiger partial charge in [0.15, 0.2) is 0 Å². The molecular formula is C14H31N. The summed E-state index contributed by atoms with van der Waals surface area (Å²) in [7, 11) is 0. The summed E-state index contributed by atoms with van der Waals surface area (Å²) in [6.45, 7) is 16.3. The van der Waals surface area contributed by atoms with Gasteiger partial charge in [-0.1, -0.05) is 54.4 Å². The molecular weight excluding hydrogens is 182 g/mol. The average molecular weight is 213 g/mol. The van der Waals surface area contributed by atoms with Crippen molar-refractivity contribution in [1.29, 1.82) is 0 Å². The first kappa shape index (κ1) is 15.0.